The molecule has 2 rings (SSSR count). The molecule has 14 heteroatoms. The molecule has 11 atom stereocenters. The number of hydrogen-bond acceptors (Lipinski definition) is 14. The first-order valence-corrected chi connectivity index (χ1v) is 30.6. The van der Waals surface area contributed by atoms with Gasteiger partial charge in [-0.2, -0.15) is 0 Å². The quantitative estimate of drug-likeness (QED) is 0.0172. The number of carbonyl (C=O) groups is 1. The zero-order valence-corrected chi connectivity index (χ0v) is 47.3. The Labute approximate surface area is 455 Å². The van der Waals surface area contributed by atoms with Crippen LogP contribution in [0.5, 0.6) is 0 Å². The first-order valence-electron chi connectivity index (χ1n) is 30.6. The van der Waals surface area contributed by atoms with Crippen LogP contribution in [-0.4, -0.2) is 142 Å². The number of allylic oxidation sites excluding steroid dienone is 6. The van der Waals surface area contributed by atoms with E-state index in [2.05, 4.69) is 50.3 Å². The van der Waals surface area contributed by atoms with Gasteiger partial charge in [0.05, 0.1) is 26.4 Å². The van der Waals surface area contributed by atoms with Crippen molar-refractivity contribution < 1.29 is 69.0 Å². The third kappa shape index (κ3) is 34.7. The van der Waals surface area contributed by atoms with Crippen molar-refractivity contribution in [3.05, 3.63) is 36.5 Å². The molecule has 0 aromatic heterocycles. The number of aliphatic hydroxyl groups is 7. The van der Waals surface area contributed by atoms with E-state index >= 15 is 0 Å². The summed E-state index contributed by atoms with van der Waals surface area (Å²) >= 11 is 0. The second-order valence-electron chi connectivity index (χ2n) is 21.5. The van der Waals surface area contributed by atoms with Crippen molar-refractivity contribution in [1.82, 2.24) is 0 Å². The van der Waals surface area contributed by atoms with Crippen molar-refractivity contribution in [3.63, 3.8) is 0 Å². The van der Waals surface area contributed by atoms with Gasteiger partial charge in [-0.05, 0) is 70.6 Å². The van der Waals surface area contributed by atoms with E-state index in [-0.39, 0.29) is 25.6 Å². The van der Waals surface area contributed by atoms with Gasteiger partial charge >= 0.3 is 5.97 Å². The maximum absolute atomic E-state index is 13.1. The number of hydrogen-bond donors (Lipinski definition) is 7. The average Bonchev–Trinajstić information content (AvgIpc) is 3.41. The van der Waals surface area contributed by atoms with E-state index in [0.29, 0.717) is 13.0 Å². The second kappa shape index (κ2) is 48.1. The minimum atomic E-state index is -1.71. The molecule has 2 heterocycles. The SMILES string of the molecule is CCCCCCC/C=C\C/C=C\CCCCCCCCCCCCCCCC(=O)OC(COCCCCCCCC/C=C\CCCCCCCC)COC1OC(COC2OC(CO)C(O)C(O)C2O)C(O)C(O)C1O. The Bertz CT molecular complexity index is 1380. The normalized spacial score (nSPS) is 24.8. The van der Waals surface area contributed by atoms with Gasteiger partial charge in [-0.15, -0.1) is 0 Å². The highest BCUT2D eigenvalue weighted by molar-refractivity contribution is 5.69. The summed E-state index contributed by atoms with van der Waals surface area (Å²) in [4.78, 5) is 13.1. The van der Waals surface area contributed by atoms with Gasteiger partial charge in [-0.1, -0.05) is 204 Å². The predicted octanol–water partition coefficient (Wildman–Crippen LogP) is 11.3. The van der Waals surface area contributed by atoms with Gasteiger partial charge < -0.3 is 64.2 Å². The molecule has 0 saturated carbocycles. The van der Waals surface area contributed by atoms with Crippen LogP contribution in [0.4, 0.5) is 0 Å². The fourth-order valence-corrected chi connectivity index (χ4v) is 9.66. The summed E-state index contributed by atoms with van der Waals surface area (Å²) in [6.07, 6.45) is 40.6. The topological polar surface area (TPSA) is 214 Å². The molecule has 0 aromatic carbocycles. The number of aliphatic hydroxyl groups excluding tert-OH is 7. The monoisotopic (exact) mass is 1070 g/mol. The first kappa shape index (κ1) is 69.3. The van der Waals surface area contributed by atoms with Gasteiger partial charge in [0.15, 0.2) is 12.6 Å². The lowest BCUT2D eigenvalue weighted by Crippen LogP contribution is -2.61. The van der Waals surface area contributed by atoms with Crippen molar-refractivity contribution in [1.29, 1.82) is 0 Å². The zero-order chi connectivity index (χ0) is 54.4. The van der Waals surface area contributed by atoms with Crippen LogP contribution in [0.25, 0.3) is 0 Å². The van der Waals surface area contributed by atoms with Crippen LogP contribution >= 0.6 is 0 Å². The highest BCUT2D eigenvalue weighted by atomic mass is 16.7. The molecule has 0 aliphatic carbocycles. The van der Waals surface area contributed by atoms with E-state index in [1.165, 1.54) is 167 Å². The summed E-state index contributed by atoms with van der Waals surface area (Å²) < 4.78 is 34.4. The number of carbonyl (C=O) groups excluding carboxylic acids is 1. The summed E-state index contributed by atoms with van der Waals surface area (Å²) in [5.41, 5.74) is 0. The van der Waals surface area contributed by atoms with Crippen molar-refractivity contribution in [2.45, 2.75) is 313 Å². The molecule has 14 nitrogen and oxygen atoms in total. The van der Waals surface area contributed by atoms with Crippen molar-refractivity contribution in [3.8, 4) is 0 Å². The zero-order valence-electron chi connectivity index (χ0n) is 47.3. The molecule has 2 aliphatic heterocycles. The summed E-state index contributed by atoms with van der Waals surface area (Å²) in [6.45, 7) is 3.70. The van der Waals surface area contributed by atoms with E-state index in [0.717, 1.165) is 51.4 Å². The second-order valence-corrected chi connectivity index (χ2v) is 21.5. The molecular formula is C61H112O14. The lowest BCUT2D eigenvalue weighted by atomic mass is 9.98. The van der Waals surface area contributed by atoms with E-state index in [9.17, 15) is 40.5 Å². The van der Waals surface area contributed by atoms with E-state index in [4.69, 9.17) is 28.4 Å². The van der Waals surface area contributed by atoms with Gasteiger partial charge in [-0.25, -0.2) is 0 Å². The fourth-order valence-electron chi connectivity index (χ4n) is 9.66. The fraction of sp³-hybridized carbons (Fsp3) is 0.885. The largest absolute Gasteiger partial charge is 0.457 e. The van der Waals surface area contributed by atoms with Gasteiger partial charge in [-0.3, -0.25) is 4.79 Å². The Morgan fingerprint density at radius 2 is 0.827 bits per heavy atom. The number of rotatable bonds is 50. The predicted molar refractivity (Wildman–Crippen MR) is 298 cm³/mol. The van der Waals surface area contributed by atoms with Gasteiger partial charge in [0.2, 0.25) is 0 Å². The Morgan fingerprint density at radius 3 is 1.29 bits per heavy atom. The minimum Gasteiger partial charge on any atom is -0.457 e. The molecule has 75 heavy (non-hydrogen) atoms. The summed E-state index contributed by atoms with van der Waals surface area (Å²) in [5, 5.41) is 72.4. The molecule has 2 saturated heterocycles. The molecular weight excluding hydrogens is 957 g/mol. The van der Waals surface area contributed by atoms with Crippen LogP contribution in [0.15, 0.2) is 36.5 Å². The maximum Gasteiger partial charge on any atom is 0.306 e. The molecule has 0 spiro atoms. The third-order valence-electron chi connectivity index (χ3n) is 14.6. The number of esters is 1. The Hall–Kier alpha value is -1.79. The summed E-state index contributed by atoms with van der Waals surface area (Å²) in [5.74, 6) is -0.376. The standard InChI is InChI=1S/C61H112O14/c1-3-5-7-9-11-13-15-17-19-21-22-23-24-25-26-27-28-29-30-32-34-36-38-40-42-44-53(63)73-50(47-70-45-43-41-39-37-35-33-31-20-18-16-14-12-10-8-6-4-2)48-71-60-59(69)57(67)55(65)52(75-60)49-72-61-58(68)56(66)54(64)51(46-62)74-61/h15,17-18,20-22,50-52,54-62,64-69H,3-14,16,19,23-49H2,1-2H3/b17-15-,20-18-,22-21-. The number of unbranched alkanes of at least 4 members (excludes halogenated alkanes) is 30. The summed E-state index contributed by atoms with van der Waals surface area (Å²) in [6, 6.07) is 0. The van der Waals surface area contributed by atoms with Crippen LogP contribution in [0.1, 0.15) is 245 Å². The Kier molecular flexibility index (Phi) is 44.5. The van der Waals surface area contributed by atoms with Crippen molar-refractivity contribution in [2.24, 2.45) is 0 Å². The number of ether oxygens (including phenoxy) is 6. The molecule has 440 valence electrons. The summed E-state index contributed by atoms with van der Waals surface area (Å²) in [7, 11) is 0. The third-order valence-corrected chi connectivity index (χ3v) is 14.6. The van der Waals surface area contributed by atoms with E-state index in [1.54, 1.807) is 0 Å². The van der Waals surface area contributed by atoms with Gasteiger partial charge in [0, 0.05) is 13.0 Å². The van der Waals surface area contributed by atoms with E-state index < -0.39 is 80.7 Å². The van der Waals surface area contributed by atoms with Crippen molar-refractivity contribution >= 4 is 5.97 Å². The lowest BCUT2D eigenvalue weighted by molar-refractivity contribution is -0.332. The first-order chi connectivity index (χ1) is 36.6. The molecule has 2 fully saturated rings. The highest BCUT2D eigenvalue weighted by Gasteiger charge is 2.47. The van der Waals surface area contributed by atoms with E-state index in [1.807, 2.05) is 0 Å². The molecule has 0 radical (unpaired) electrons. The lowest BCUT2D eigenvalue weighted by Gasteiger charge is -2.42. The van der Waals surface area contributed by atoms with Crippen molar-refractivity contribution in [2.75, 3.05) is 33.0 Å². The highest BCUT2D eigenvalue weighted by Crippen LogP contribution is 2.27. The van der Waals surface area contributed by atoms with Crippen LogP contribution in [0, 0.1) is 0 Å². The molecule has 0 aromatic rings. The molecule has 7 N–H and O–H groups in total. The van der Waals surface area contributed by atoms with Crippen LogP contribution < -0.4 is 0 Å². The Morgan fingerprint density at radius 1 is 0.440 bits per heavy atom. The average molecular weight is 1070 g/mol. The molecule has 11 unspecified atom stereocenters. The molecule has 0 bridgehead atoms. The smallest absolute Gasteiger partial charge is 0.306 e. The molecule has 2 aliphatic rings. The van der Waals surface area contributed by atoms with Gasteiger partial charge in [0.1, 0.15) is 54.9 Å². The Balaban J connectivity index is 1.68. The minimum absolute atomic E-state index is 0.0592. The molecule has 0 amide bonds. The van der Waals surface area contributed by atoms with Crippen LogP contribution in [0.2, 0.25) is 0 Å². The van der Waals surface area contributed by atoms with Crippen LogP contribution in [0.3, 0.4) is 0 Å². The maximum atomic E-state index is 13.1. The van der Waals surface area contributed by atoms with Crippen LogP contribution in [-0.2, 0) is 33.2 Å². The van der Waals surface area contributed by atoms with Gasteiger partial charge in [0.25, 0.3) is 0 Å².